The molecule has 51 heavy (non-hydrogen) atoms. The van der Waals surface area contributed by atoms with Gasteiger partial charge in [-0.25, -0.2) is 4.57 Å². The van der Waals surface area contributed by atoms with Gasteiger partial charge >= 0.3 is 13.8 Å². The highest BCUT2D eigenvalue weighted by Gasteiger charge is 2.25. The summed E-state index contributed by atoms with van der Waals surface area (Å²) >= 11 is 0. The molecule has 3 N–H and O–H groups in total. The Morgan fingerprint density at radius 2 is 1.10 bits per heavy atom. The third-order valence-corrected chi connectivity index (χ3v) is 9.15. The summed E-state index contributed by atoms with van der Waals surface area (Å²) in [5.74, 6) is -0.374. The Hall–Kier alpha value is -1.80. The van der Waals surface area contributed by atoms with Crippen molar-refractivity contribution >= 4 is 13.8 Å². The number of carbonyl (C=O) groups excluding carboxylic acids is 1. The van der Waals surface area contributed by atoms with Crippen LogP contribution in [-0.2, 0) is 27.9 Å². The second kappa shape index (κ2) is 39.4. The summed E-state index contributed by atoms with van der Waals surface area (Å²) < 4.78 is 33.3. The summed E-state index contributed by atoms with van der Waals surface area (Å²) in [6.07, 6.45) is 46.7. The number of hydrogen-bond acceptors (Lipinski definition) is 7. The van der Waals surface area contributed by atoms with Crippen LogP contribution >= 0.6 is 7.82 Å². The smallest absolute Gasteiger partial charge is 0.457 e. The lowest BCUT2D eigenvalue weighted by Gasteiger charge is -2.20. The van der Waals surface area contributed by atoms with Crippen molar-refractivity contribution in [2.24, 2.45) is 5.73 Å². The molecule has 0 bridgehead atoms. The van der Waals surface area contributed by atoms with Crippen molar-refractivity contribution in [2.45, 2.75) is 168 Å². The lowest BCUT2D eigenvalue weighted by atomic mass is 10.1. The van der Waals surface area contributed by atoms with Crippen molar-refractivity contribution in [2.75, 3.05) is 33.0 Å². The maximum absolute atomic E-state index is 12.5. The van der Waals surface area contributed by atoms with E-state index >= 15 is 0 Å². The van der Waals surface area contributed by atoms with E-state index < -0.39 is 13.9 Å². The zero-order valence-corrected chi connectivity index (χ0v) is 33.5. The number of esters is 1. The summed E-state index contributed by atoms with van der Waals surface area (Å²) in [6, 6.07) is 0. The quantitative estimate of drug-likeness (QED) is 0.0278. The SMILES string of the molecule is CC/C=C\C/C=C\C/C=C\C/C=C\CCCCC(=O)OC(COCCCCCCCC/C=C\CCCCCCCCC)COP(=O)(O)OCCN. The largest absolute Gasteiger partial charge is 0.472 e. The third-order valence-electron chi connectivity index (χ3n) is 8.17. The Morgan fingerprint density at radius 1 is 0.608 bits per heavy atom. The molecule has 0 aliphatic rings. The Balaban J connectivity index is 4.15. The van der Waals surface area contributed by atoms with Crippen molar-refractivity contribution in [1.29, 1.82) is 0 Å². The van der Waals surface area contributed by atoms with Crippen LogP contribution in [0.4, 0.5) is 0 Å². The van der Waals surface area contributed by atoms with Gasteiger partial charge in [0.1, 0.15) is 6.10 Å². The summed E-state index contributed by atoms with van der Waals surface area (Å²) in [7, 11) is -4.29. The van der Waals surface area contributed by atoms with Gasteiger partial charge in [0, 0.05) is 19.6 Å². The van der Waals surface area contributed by atoms with Gasteiger partial charge in [0.2, 0.25) is 0 Å². The maximum atomic E-state index is 12.5. The average molecular weight is 738 g/mol. The summed E-state index contributed by atoms with van der Waals surface area (Å²) in [4.78, 5) is 22.4. The van der Waals surface area contributed by atoms with Gasteiger partial charge < -0.3 is 20.1 Å². The molecular formula is C42H76NO7P. The normalized spacial score (nSPS) is 14.2. The Morgan fingerprint density at radius 3 is 1.67 bits per heavy atom. The van der Waals surface area contributed by atoms with Crippen LogP contribution in [0.3, 0.4) is 0 Å². The van der Waals surface area contributed by atoms with Gasteiger partial charge in [-0.2, -0.15) is 0 Å². The summed E-state index contributed by atoms with van der Waals surface area (Å²) in [6.45, 7) is 4.72. The molecule has 0 fully saturated rings. The van der Waals surface area contributed by atoms with Gasteiger partial charge in [-0.1, -0.05) is 139 Å². The highest BCUT2D eigenvalue weighted by Crippen LogP contribution is 2.43. The topological polar surface area (TPSA) is 117 Å². The first-order valence-electron chi connectivity index (χ1n) is 20.3. The molecule has 0 amide bonds. The standard InChI is InChI=1S/C42H76NO7P/c1-3-5-7-9-11-13-15-17-19-20-22-24-26-28-30-32-34-37-47-39-41(40-49-51(45,46)48-38-36-43)50-42(44)35-33-31-29-27-25-23-21-18-16-14-12-10-8-6-4-2/h6,8,12,14,18-21,25,27,41H,3-5,7,9-11,13,15-17,22-24,26,28-40,43H2,1-2H3,(H,45,46)/b8-6-,14-12-,20-19-,21-18-,27-25-. The van der Waals surface area contributed by atoms with E-state index in [0.717, 1.165) is 51.4 Å². The molecule has 8 nitrogen and oxygen atoms in total. The first kappa shape index (κ1) is 49.2. The fourth-order valence-electron chi connectivity index (χ4n) is 5.22. The van der Waals surface area contributed by atoms with E-state index in [0.29, 0.717) is 13.0 Å². The monoisotopic (exact) mass is 738 g/mol. The molecule has 0 radical (unpaired) electrons. The predicted octanol–water partition coefficient (Wildman–Crippen LogP) is 11.8. The fraction of sp³-hybridized carbons (Fsp3) is 0.738. The van der Waals surface area contributed by atoms with Crippen molar-refractivity contribution in [3.63, 3.8) is 0 Å². The first-order chi connectivity index (χ1) is 24.9. The second-order valence-corrected chi connectivity index (χ2v) is 14.6. The number of ether oxygens (including phenoxy) is 2. The molecule has 0 spiro atoms. The molecule has 9 heteroatoms. The van der Waals surface area contributed by atoms with Gasteiger partial charge in [-0.05, 0) is 77.0 Å². The maximum Gasteiger partial charge on any atom is 0.472 e. The molecule has 0 saturated carbocycles. The van der Waals surface area contributed by atoms with Gasteiger partial charge in [0.05, 0.1) is 19.8 Å². The molecular weight excluding hydrogens is 661 g/mol. The zero-order valence-electron chi connectivity index (χ0n) is 32.6. The molecule has 2 atom stereocenters. The minimum Gasteiger partial charge on any atom is -0.457 e. The van der Waals surface area contributed by atoms with E-state index in [9.17, 15) is 14.3 Å². The molecule has 2 unspecified atom stereocenters. The summed E-state index contributed by atoms with van der Waals surface area (Å²) in [5.41, 5.74) is 5.36. The van der Waals surface area contributed by atoms with Crippen LogP contribution in [0, 0.1) is 0 Å². The highest BCUT2D eigenvalue weighted by atomic mass is 31.2. The Bertz CT molecular complexity index is 963. The molecule has 0 rings (SSSR count). The van der Waals surface area contributed by atoms with Crippen LogP contribution in [-0.4, -0.2) is 49.9 Å². The number of carbonyl (C=O) groups is 1. The van der Waals surface area contributed by atoms with E-state index in [4.69, 9.17) is 24.3 Å². The van der Waals surface area contributed by atoms with E-state index in [-0.39, 0.29) is 38.8 Å². The number of hydrogen-bond donors (Lipinski definition) is 2. The minimum atomic E-state index is -4.29. The van der Waals surface area contributed by atoms with Crippen LogP contribution in [0.15, 0.2) is 60.8 Å². The lowest BCUT2D eigenvalue weighted by molar-refractivity contribution is -0.154. The molecule has 0 saturated heterocycles. The Labute approximate surface area is 313 Å². The van der Waals surface area contributed by atoms with E-state index in [1.54, 1.807) is 0 Å². The second-order valence-electron chi connectivity index (χ2n) is 13.1. The van der Waals surface area contributed by atoms with Crippen LogP contribution in [0.25, 0.3) is 0 Å². The third kappa shape index (κ3) is 39.2. The average Bonchev–Trinajstić information content (AvgIpc) is 3.12. The first-order valence-corrected chi connectivity index (χ1v) is 21.8. The van der Waals surface area contributed by atoms with Gasteiger partial charge in [0.25, 0.3) is 0 Å². The van der Waals surface area contributed by atoms with Gasteiger partial charge in [-0.15, -0.1) is 0 Å². The van der Waals surface area contributed by atoms with E-state index in [1.165, 1.54) is 83.5 Å². The van der Waals surface area contributed by atoms with Crippen molar-refractivity contribution in [1.82, 2.24) is 0 Å². The van der Waals surface area contributed by atoms with Gasteiger partial charge in [0.15, 0.2) is 0 Å². The fourth-order valence-corrected chi connectivity index (χ4v) is 5.98. The van der Waals surface area contributed by atoms with Crippen LogP contribution in [0.1, 0.15) is 162 Å². The molecule has 0 aliphatic carbocycles. The molecule has 0 aromatic rings. The molecule has 0 aliphatic heterocycles. The van der Waals surface area contributed by atoms with Crippen molar-refractivity contribution in [3.05, 3.63) is 60.8 Å². The summed E-state index contributed by atoms with van der Waals surface area (Å²) in [5, 5.41) is 0. The van der Waals surface area contributed by atoms with Gasteiger partial charge in [-0.3, -0.25) is 13.8 Å². The van der Waals surface area contributed by atoms with Crippen molar-refractivity contribution in [3.8, 4) is 0 Å². The number of allylic oxidation sites excluding steroid dienone is 10. The number of phosphoric acid groups is 1. The van der Waals surface area contributed by atoms with E-state index in [1.807, 2.05) is 0 Å². The number of unbranched alkanes of at least 4 members (excludes halogenated alkanes) is 15. The van der Waals surface area contributed by atoms with E-state index in [2.05, 4.69) is 74.6 Å². The molecule has 0 heterocycles. The highest BCUT2D eigenvalue weighted by molar-refractivity contribution is 7.47. The van der Waals surface area contributed by atoms with Crippen LogP contribution < -0.4 is 5.73 Å². The number of rotatable bonds is 38. The minimum absolute atomic E-state index is 0.0900. The molecule has 0 aromatic heterocycles. The molecule has 296 valence electrons. The van der Waals surface area contributed by atoms with Crippen LogP contribution in [0.2, 0.25) is 0 Å². The zero-order chi connectivity index (χ0) is 37.4. The number of nitrogens with two attached hydrogens (primary N) is 1. The predicted molar refractivity (Wildman–Crippen MR) is 215 cm³/mol. The van der Waals surface area contributed by atoms with Crippen LogP contribution in [0.5, 0.6) is 0 Å². The van der Waals surface area contributed by atoms with Crippen molar-refractivity contribution < 1.29 is 32.8 Å². The number of phosphoric ester groups is 1. The lowest BCUT2D eigenvalue weighted by Crippen LogP contribution is -2.28. The molecule has 0 aromatic carbocycles. The Kier molecular flexibility index (Phi) is 38.0.